The van der Waals surface area contributed by atoms with Crippen LogP contribution in [-0.2, 0) is 6.54 Å². The molecule has 0 aromatic heterocycles. The van der Waals surface area contributed by atoms with Crippen molar-refractivity contribution in [2.24, 2.45) is 4.99 Å². The highest BCUT2D eigenvalue weighted by molar-refractivity contribution is 5.79. The van der Waals surface area contributed by atoms with E-state index in [1.807, 2.05) is 6.92 Å². The van der Waals surface area contributed by atoms with Crippen molar-refractivity contribution in [2.45, 2.75) is 13.5 Å². The van der Waals surface area contributed by atoms with Gasteiger partial charge in [0, 0.05) is 25.7 Å². The maximum absolute atomic E-state index is 13.2. The van der Waals surface area contributed by atoms with E-state index in [1.54, 1.807) is 7.05 Å². The van der Waals surface area contributed by atoms with Crippen molar-refractivity contribution < 1.29 is 8.78 Å². The Bertz CT molecular complexity index is 377. The van der Waals surface area contributed by atoms with E-state index in [1.165, 1.54) is 6.07 Å². The van der Waals surface area contributed by atoms with Crippen LogP contribution in [0.2, 0.25) is 0 Å². The monoisotopic (exact) mass is 227 g/mol. The zero-order valence-electron chi connectivity index (χ0n) is 9.35. The lowest BCUT2D eigenvalue weighted by Crippen LogP contribution is -2.36. The first-order chi connectivity index (χ1) is 7.67. The number of benzene rings is 1. The van der Waals surface area contributed by atoms with Gasteiger partial charge in [-0.15, -0.1) is 0 Å². The quantitative estimate of drug-likeness (QED) is 0.608. The molecule has 16 heavy (non-hydrogen) atoms. The lowest BCUT2D eigenvalue weighted by atomic mass is 10.2. The third-order valence-electron chi connectivity index (χ3n) is 2.02. The third kappa shape index (κ3) is 3.49. The number of rotatable bonds is 3. The van der Waals surface area contributed by atoms with Crippen molar-refractivity contribution in [2.75, 3.05) is 13.6 Å². The number of guanidine groups is 1. The molecule has 1 rings (SSSR count). The van der Waals surface area contributed by atoms with E-state index in [0.717, 1.165) is 12.1 Å². The average molecular weight is 227 g/mol. The van der Waals surface area contributed by atoms with Crippen LogP contribution < -0.4 is 10.6 Å². The van der Waals surface area contributed by atoms with Crippen LogP contribution in [-0.4, -0.2) is 19.6 Å². The predicted octanol–water partition coefficient (Wildman–Crippen LogP) is 1.65. The molecule has 0 saturated heterocycles. The standard InChI is InChI=1S/C11H15F2N3/c1-3-15-11(14-2)16-7-8-6-9(12)4-5-10(8)13/h4-6H,3,7H2,1-2H3,(H2,14,15,16). The maximum atomic E-state index is 13.2. The smallest absolute Gasteiger partial charge is 0.191 e. The molecule has 1 aromatic carbocycles. The second-order valence-electron chi connectivity index (χ2n) is 3.19. The second-order valence-corrected chi connectivity index (χ2v) is 3.19. The topological polar surface area (TPSA) is 36.4 Å². The molecule has 0 spiro atoms. The van der Waals surface area contributed by atoms with Gasteiger partial charge in [-0.1, -0.05) is 0 Å². The summed E-state index contributed by atoms with van der Waals surface area (Å²) in [5.74, 6) is -0.316. The van der Waals surface area contributed by atoms with Crippen LogP contribution in [0.3, 0.4) is 0 Å². The van der Waals surface area contributed by atoms with Crippen molar-refractivity contribution in [3.05, 3.63) is 35.4 Å². The van der Waals surface area contributed by atoms with Crippen LogP contribution in [0.25, 0.3) is 0 Å². The molecular formula is C11H15F2N3. The zero-order valence-corrected chi connectivity index (χ0v) is 9.35. The fourth-order valence-corrected chi connectivity index (χ4v) is 1.25. The van der Waals surface area contributed by atoms with Gasteiger partial charge in [0.2, 0.25) is 0 Å². The lowest BCUT2D eigenvalue weighted by Gasteiger charge is -2.10. The summed E-state index contributed by atoms with van der Waals surface area (Å²) >= 11 is 0. The Hall–Kier alpha value is -1.65. The number of nitrogens with one attached hydrogen (secondary N) is 2. The van der Waals surface area contributed by atoms with Crippen LogP contribution in [0.5, 0.6) is 0 Å². The second kappa shape index (κ2) is 6.05. The van der Waals surface area contributed by atoms with E-state index in [4.69, 9.17) is 0 Å². The molecule has 0 aliphatic carbocycles. The molecule has 0 heterocycles. The van der Waals surface area contributed by atoms with Crippen molar-refractivity contribution in [3.63, 3.8) is 0 Å². The highest BCUT2D eigenvalue weighted by atomic mass is 19.1. The van der Waals surface area contributed by atoms with Crippen LogP contribution in [0, 0.1) is 11.6 Å². The summed E-state index contributed by atoms with van der Waals surface area (Å²) in [5, 5.41) is 5.85. The highest BCUT2D eigenvalue weighted by Gasteiger charge is 2.04. The first-order valence-electron chi connectivity index (χ1n) is 5.05. The van der Waals surface area contributed by atoms with Gasteiger partial charge in [-0.3, -0.25) is 4.99 Å². The number of hydrogen-bond acceptors (Lipinski definition) is 1. The summed E-state index contributed by atoms with van der Waals surface area (Å²) in [6, 6.07) is 3.38. The van der Waals surface area contributed by atoms with Gasteiger partial charge in [0.1, 0.15) is 11.6 Å². The largest absolute Gasteiger partial charge is 0.357 e. The summed E-state index contributed by atoms with van der Waals surface area (Å²) in [6.45, 7) is 2.84. The normalized spacial score (nSPS) is 11.4. The Morgan fingerprint density at radius 1 is 1.31 bits per heavy atom. The Labute approximate surface area is 93.6 Å². The minimum absolute atomic E-state index is 0.198. The summed E-state index contributed by atoms with van der Waals surface area (Å²) < 4.78 is 26.1. The van der Waals surface area contributed by atoms with E-state index >= 15 is 0 Å². The van der Waals surface area contributed by atoms with Gasteiger partial charge in [-0.25, -0.2) is 8.78 Å². The summed E-state index contributed by atoms with van der Waals surface area (Å²) in [5.41, 5.74) is 0.277. The molecule has 1 aromatic rings. The zero-order chi connectivity index (χ0) is 12.0. The molecule has 3 nitrogen and oxygen atoms in total. The highest BCUT2D eigenvalue weighted by Crippen LogP contribution is 2.08. The minimum Gasteiger partial charge on any atom is -0.357 e. The summed E-state index contributed by atoms with van der Waals surface area (Å²) in [6.07, 6.45) is 0. The molecular weight excluding hydrogens is 212 g/mol. The van der Waals surface area contributed by atoms with E-state index < -0.39 is 11.6 Å². The fraction of sp³-hybridized carbons (Fsp3) is 0.364. The third-order valence-corrected chi connectivity index (χ3v) is 2.02. The maximum Gasteiger partial charge on any atom is 0.191 e. The average Bonchev–Trinajstić information content (AvgIpc) is 2.28. The molecule has 2 N–H and O–H groups in total. The lowest BCUT2D eigenvalue weighted by molar-refractivity contribution is 0.581. The molecule has 0 saturated carbocycles. The predicted molar refractivity (Wildman–Crippen MR) is 60.2 cm³/mol. The van der Waals surface area contributed by atoms with Gasteiger partial charge in [0.15, 0.2) is 5.96 Å². The Kier molecular flexibility index (Phi) is 4.69. The first-order valence-corrected chi connectivity index (χ1v) is 5.05. The van der Waals surface area contributed by atoms with Crippen LogP contribution in [0.15, 0.2) is 23.2 Å². The molecule has 0 aliphatic heterocycles. The van der Waals surface area contributed by atoms with E-state index in [0.29, 0.717) is 12.5 Å². The van der Waals surface area contributed by atoms with Crippen LogP contribution in [0.1, 0.15) is 12.5 Å². The molecule has 88 valence electrons. The van der Waals surface area contributed by atoms with Gasteiger partial charge < -0.3 is 10.6 Å². The van der Waals surface area contributed by atoms with Gasteiger partial charge >= 0.3 is 0 Å². The molecule has 0 bridgehead atoms. The van der Waals surface area contributed by atoms with Crippen molar-refractivity contribution in [1.29, 1.82) is 0 Å². The van der Waals surface area contributed by atoms with E-state index in [-0.39, 0.29) is 12.1 Å². The summed E-state index contributed by atoms with van der Waals surface area (Å²) in [4.78, 5) is 3.92. The van der Waals surface area contributed by atoms with Crippen molar-refractivity contribution in [3.8, 4) is 0 Å². The van der Waals surface area contributed by atoms with Gasteiger partial charge in [0.05, 0.1) is 0 Å². The molecule has 0 radical (unpaired) electrons. The Balaban J connectivity index is 2.63. The van der Waals surface area contributed by atoms with Gasteiger partial charge in [-0.05, 0) is 25.1 Å². The number of hydrogen-bond donors (Lipinski definition) is 2. The Morgan fingerprint density at radius 2 is 2.06 bits per heavy atom. The number of nitrogens with zero attached hydrogens (tertiary/aromatic N) is 1. The van der Waals surface area contributed by atoms with E-state index in [2.05, 4.69) is 15.6 Å². The SMILES string of the molecule is CCNC(=NC)NCc1cc(F)ccc1F. The van der Waals surface area contributed by atoms with Crippen LogP contribution in [0.4, 0.5) is 8.78 Å². The first kappa shape index (κ1) is 12.4. The number of halogens is 2. The molecule has 5 heteroatoms. The molecule has 0 aliphatic rings. The molecule has 0 unspecified atom stereocenters. The van der Waals surface area contributed by atoms with Crippen LogP contribution >= 0.6 is 0 Å². The molecule has 0 amide bonds. The number of aliphatic imine (C=N–C) groups is 1. The molecule has 0 fully saturated rings. The van der Waals surface area contributed by atoms with Gasteiger partial charge in [0.25, 0.3) is 0 Å². The Morgan fingerprint density at radius 3 is 2.69 bits per heavy atom. The minimum atomic E-state index is -0.448. The van der Waals surface area contributed by atoms with Crippen molar-refractivity contribution >= 4 is 5.96 Å². The fourth-order valence-electron chi connectivity index (χ4n) is 1.25. The van der Waals surface area contributed by atoms with Gasteiger partial charge in [-0.2, -0.15) is 0 Å². The van der Waals surface area contributed by atoms with E-state index in [9.17, 15) is 8.78 Å². The van der Waals surface area contributed by atoms with Crippen molar-refractivity contribution in [1.82, 2.24) is 10.6 Å². The summed E-state index contributed by atoms with van der Waals surface area (Å²) in [7, 11) is 1.62. The molecule has 0 atom stereocenters.